The average molecular weight is 485 g/mol. The summed E-state index contributed by atoms with van der Waals surface area (Å²) in [6.07, 6.45) is 1.07. The number of amides is 1. The predicted octanol–water partition coefficient (Wildman–Crippen LogP) is 7.80. The van der Waals surface area contributed by atoms with Crippen LogP contribution in [0.15, 0.2) is 60.7 Å². The van der Waals surface area contributed by atoms with E-state index in [0.717, 1.165) is 21.6 Å². The van der Waals surface area contributed by atoms with Gasteiger partial charge in [-0.2, -0.15) is 0 Å². The van der Waals surface area contributed by atoms with Crippen molar-refractivity contribution in [3.63, 3.8) is 0 Å². The summed E-state index contributed by atoms with van der Waals surface area (Å²) in [5.74, 6) is 0.823. The Morgan fingerprint density at radius 3 is 2.56 bits per heavy atom. The highest BCUT2D eigenvalue weighted by Gasteiger charge is 2.15. The van der Waals surface area contributed by atoms with Crippen LogP contribution < -0.4 is 10.1 Å². The lowest BCUT2D eigenvalue weighted by molar-refractivity contribution is -0.118. The minimum Gasteiger partial charge on any atom is -0.484 e. The summed E-state index contributed by atoms with van der Waals surface area (Å²) in [5, 5.41) is 4.41. The van der Waals surface area contributed by atoms with E-state index in [2.05, 4.69) is 24.1 Å². The Hall–Kier alpha value is -2.60. The van der Waals surface area contributed by atoms with Gasteiger partial charge in [-0.1, -0.05) is 61.3 Å². The third-order valence-electron chi connectivity index (χ3n) is 5.29. The number of anilines is 1. The van der Waals surface area contributed by atoms with Crippen LogP contribution in [-0.2, 0) is 4.79 Å². The molecule has 0 fully saturated rings. The number of hydrogen-bond acceptors (Lipinski definition) is 4. The van der Waals surface area contributed by atoms with Crippen molar-refractivity contribution in [1.29, 1.82) is 0 Å². The van der Waals surface area contributed by atoms with Crippen molar-refractivity contribution in [2.75, 3.05) is 11.9 Å². The van der Waals surface area contributed by atoms with Gasteiger partial charge in [0, 0.05) is 5.56 Å². The van der Waals surface area contributed by atoms with Crippen LogP contribution in [0, 0.1) is 0 Å². The Morgan fingerprint density at radius 1 is 1.09 bits per heavy atom. The molecule has 0 spiro atoms. The maximum atomic E-state index is 12.5. The fourth-order valence-electron chi connectivity index (χ4n) is 3.26. The summed E-state index contributed by atoms with van der Waals surface area (Å²) < 4.78 is 6.70. The number of rotatable bonds is 7. The maximum Gasteiger partial charge on any atom is 0.262 e. The summed E-state index contributed by atoms with van der Waals surface area (Å²) in [5.41, 5.74) is 3.33. The monoisotopic (exact) mass is 484 g/mol. The lowest BCUT2D eigenvalue weighted by atomic mass is 9.99. The molecule has 164 valence electrons. The summed E-state index contributed by atoms with van der Waals surface area (Å²) in [6, 6.07) is 19.1. The van der Waals surface area contributed by atoms with Crippen molar-refractivity contribution in [2.24, 2.45) is 0 Å². The summed E-state index contributed by atoms with van der Waals surface area (Å²) in [4.78, 5) is 17.1. The topological polar surface area (TPSA) is 51.2 Å². The fraction of sp³-hybridized carbons (Fsp3) is 0.200. The Bertz CT molecular complexity index is 1220. The number of fused-ring (bicyclic) bond motifs is 1. The molecule has 0 saturated carbocycles. The first-order valence-corrected chi connectivity index (χ1v) is 11.9. The summed E-state index contributed by atoms with van der Waals surface area (Å²) in [7, 11) is 0. The van der Waals surface area contributed by atoms with Crippen LogP contribution in [0.1, 0.15) is 31.7 Å². The molecular formula is C25H22Cl2N2O2S. The van der Waals surface area contributed by atoms with E-state index in [4.69, 9.17) is 27.9 Å². The van der Waals surface area contributed by atoms with E-state index in [1.54, 1.807) is 12.1 Å². The number of thiazole rings is 1. The zero-order valence-corrected chi connectivity index (χ0v) is 20.0. The first-order chi connectivity index (χ1) is 15.4. The zero-order valence-electron chi connectivity index (χ0n) is 17.7. The first-order valence-electron chi connectivity index (χ1n) is 10.3. The van der Waals surface area contributed by atoms with E-state index in [-0.39, 0.29) is 12.5 Å². The van der Waals surface area contributed by atoms with Crippen LogP contribution in [0.4, 0.5) is 5.69 Å². The van der Waals surface area contributed by atoms with Gasteiger partial charge in [-0.05, 0) is 54.3 Å². The number of nitrogens with one attached hydrogen (secondary N) is 1. The quantitative estimate of drug-likeness (QED) is 0.291. The molecule has 0 radical (unpaired) electrons. The second kappa shape index (κ2) is 9.90. The predicted molar refractivity (Wildman–Crippen MR) is 134 cm³/mol. The molecule has 1 amide bonds. The Morgan fingerprint density at radius 2 is 1.84 bits per heavy atom. The molecule has 1 aromatic heterocycles. The minimum atomic E-state index is -0.310. The molecule has 4 nitrogen and oxygen atoms in total. The van der Waals surface area contributed by atoms with Gasteiger partial charge in [0.1, 0.15) is 10.8 Å². The third kappa shape index (κ3) is 5.07. The normalized spacial score (nSPS) is 12.0. The zero-order chi connectivity index (χ0) is 22.7. The fourth-order valence-corrected chi connectivity index (χ4v) is 4.83. The second-order valence-corrected chi connectivity index (χ2v) is 9.36. The highest BCUT2D eigenvalue weighted by atomic mass is 35.5. The van der Waals surface area contributed by atoms with Crippen molar-refractivity contribution in [3.05, 3.63) is 76.3 Å². The molecule has 1 atom stereocenters. The van der Waals surface area contributed by atoms with Crippen molar-refractivity contribution in [1.82, 2.24) is 4.98 Å². The van der Waals surface area contributed by atoms with Gasteiger partial charge < -0.3 is 10.1 Å². The lowest BCUT2D eigenvalue weighted by Gasteiger charge is -2.12. The first kappa shape index (κ1) is 22.6. The van der Waals surface area contributed by atoms with E-state index < -0.39 is 0 Å². The van der Waals surface area contributed by atoms with Crippen LogP contribution >= 0.6 is 34.5 Å². The van der Waals surface area contributed by atoms with Crippen molar-refractivity contribution in [3.8, 4) is 16.3 Å². The molecule has 32 heavy (non-hydrogen) atoms. The Labute approximate surface area is 201 Å². The molecular weight excluding hydrogens is 463 g/mol. The molecule has 0 aliphatic rings. The Kier molecular flexibility index (Phi) is 6.99. The van der Waals surface area contributed by atoms with Gasteiger partial charge in [0.2, 0.25) is 0 Å². The number of halogens is 2. The van der Waals surface area contributed by atoms with Gasteiger partial charge in [-0.25, -0.2) is 4.98 Å². The van der Waals surface area contributed by atoms with Gasteiger partial charge in [0.15, 0.2) is 6.61 Å². The molecule has 0 aliphatic carbocycles. The molecule has 0 saturated heterocycles. The Balaban J connectivity index is 1.46. The van der Waals surface area contributed by atoms with Crippen molar-refractivity contribution < 1.29 is 9.53 Å². The molecule has 1 N–H and O–H groups in total. The number of nitrogens with zero attached hydrogens (tertiary/aromatic N) is 1. The van der Waals surface area contributed by atoms with E-state index >= 15 is 0 Å². The molecule has 7 heteroatoms. The van der Waals surface area contributed by atoms with Gasteiger partial charge in [-0.3, -0.25) is 4.79 Å². The molecule has 0 bridgehead atoms. The number of para-hydroxylation sites is 1. The van der Waals surface area contributed by atoms with E-state index in [1.807, 2.05) is 48.5 Å². The van der Waals surface area contributed by atoms with Gasteiger partial charge in [0.25, 0.3) is 5.91 Å². The highest BCUT2D eigenvalue weighted by molar-refractivity contribution is 7.21. The van der Waals surface area contributed by atoms with Crippen LogP contribution in [0.25, 0.3) is 20.8 Å². The van der Waals surface area contributed by atoms with Crippen LogP contribution in [0.2, 0.25) is 10.0 Å². The maximum absolute atomic E-state index is 12.5. The molecule has 1 unspecified atom stereocenters. The average Bonchev–Trinajstić information content (AvgIpc) is 3.23. The standard InChI is InChI=1S/C25H22Cl2N2O2S/c1-3-15(2)16-8-10-17(11-9-16)31-14-24(30)28-22-12-18(19(26)13-20(22)27)25-29-21-6-4-5-7-23(21)32-25/h4-13,15H,3,14H2,1-2H3,(H,28,30). The largest absolute Gasteiger partial charge is 0.484 e. The second-order valence-electron chi connectivity index (χ2n) is 7.51. The third-order valence-corrected chi connectivity index (χ3v) is 6.98. The smallest absolute Gasteiger partial charge is 0.262 e. The SMILES string of the molecule is CCC(C)c1ccc(OCC(=O)Nc2cc(-c3nc4ccccc4s3)c(Cl)cc2Cl)cc1. The molecule has 3 aromatic carbocycles. The van der Waals surface area contributed by atoms with Gasteiger partial charge in [-0.15, -0.1) is 11.3 Å². The van der Waals surface area contributed by atoms with Gasteiger partial charge in [0.05, 0.1) is 25.9 Å². The highest BCUT2D eigenvalue weighted by Crippen LogP contribution is 2.38. The molecule has 0 aliphatic heterocycles. The van der Waals surface area contributed by atoms with E-state index in [0.29, 0.717) is 33.0 Å². The van der Waals surface area contributed by atoms with Crippen LogP contribution in [0.5, 0.6) is 5.75 Å². The number of ether oxygens (including phenoxy) is 1. The van der Waals surface area contributed by atoms with E-state index in [1.165, 1.54) is 16.9 Å². The number of aromatic nitrogens is 1. The molecule has 4 aromatic rings. The number of carbonyl (C=O) groups excluding carboxylic acids is 1. The lowest BCUT2D eigenvalue weighted by Crippen LogP contribution is -2.20. The molecule has 1 heterocycles. The van der Waals surface area contributed by atoms with Crippen molar-refractivity contribution in [2.45, 2.75) is 26.2 Å². The van der Waals surface area contributed by atoms with Crippen molar-refractivity contribution >= 4 is 56.3 Å². The number of carbonyl (C=O) groups is 1. The number of hydrogen-bond donors (Lipinski definition) is 1. The van der Waals surface area contributed by atoms with E-state index in [9.17, 15) is 4.79 Å². The summed E-state index contributed by atoms with van der Waals surface area (Å²) in [6.45, 7) is 4.21. The number of benzene rings is 3. The van der Waals surface area contributed by atoms with Gasteiger partial charge >= 0.3 is 0 Å². The molecule has 4 rings (SSSR count). The minimum absolute atomic E-state index is 0.127. The summed E-state index contributed by atoms with van der Waals surface area (Å²) >= 11 is 14.3. The van der Waals surface area contributed by atoms with Crippen LogP contribution in [-0.4, -0.2) is 17.5 Å². The van der Waals surface area contributed by atoms with Crippen LogP contribution in [0.3, 0.4) is 0 Å².